The molecule has 0 atom stereocenters. The first kappa shape index (κ1) is 14.8. The number of hydrogen-bond donors (Lipinski definition) is 1. The van der Waals surface area contributed by atoms with Gasteiger partial charge in [-0.25, -0.2) is 0 Å². The van der Waals surface area contributed by atoms with Crippen molar-refractivity contribution < 1.29 is 14.3 Å². The van der Waals surface area contributed by atoms with Crippen LogP contribution < -0.4 is 10.1 Å². The first-order valence-corrected chi connectivity index (χ1v) is 6.99. The molecule has 1 heterocycles. The molecule has 0 saturated carbocycles. The molecule has 0 radical (unpaired) electrons. The summed E-state index contributed by atoms with van der Waals surface area (Å²) >= 11 is 0. The SMILES string of the molecule is COc1ccc(COCC(=O)N2CCCNCC2)cc1. The van der Waals surface area contributed by atoms with Gasteiger partial charge in [-0.1, -0.05) is 12.1 Å². The molecule has 1 aliphatic heterocycles. The summed E-state index contributed by atoms with van der Waals surface area (Å²) in [6.45, 7) is 4.02. The summed E-state index contributed by atoms with van der Waals surface area (Å²) in [7, 11) is 1.64. The van der Waals surface area contributed by atoms with Crippen molar-refractivity contribution in [1.82, 2.24) is 10.2 Å². The van der Waals surface area contributed by atoms with E-state index in [2.05, 4.69) is 5.32 Å². The van der Waals surface area contributed by atoms with Gasteiger partial charge in [0, 0.05) is 19.6 Å². The molecule has 1 N–H and O–H groups in total. The topological polar surface area (TPSA) is 50.8 Å². The predicted octanol–water partition coefficient (Wildman–Crippen LogP) is 1.03. The number of hydrogen-bond acceptors (Lipinski definition) is 4. The normalized spacial score (nSPS) is 15.8. The van der Waals surface area contributed by atoms with Crippen molar-refractivity contribution in [3.8, 4) is 5.75 Å². The summed E-state index contributed by atoms with van der Waals surface area (Å²) in [4.78, 5) is 13.9. The number of rotatable bonds is 5. The molecule has 110 valence electrons. The number of nitrogens with one attached hydrogen (secondary N) is 1. The second-order valence-electron chi connectivity index (χ2n) is 4.83. The number of benzene rings is 1. The molecule has 1 aromatic rings. The fraction of sp³-hybridized carbons (Fsp3) is 0.533. The van der Waals surface area contributed by atoms with Crippen LogP contribution in [0.1, 0.15) is 12.0 Å². The fourth-order valence-corrected chi connectivity index (χ4v) is 2.16. The van der Waals surface area contributed by atoms with E-state index in [1.54, 1.807) is 7.11 Å². The number of methoxy groups -OCH3 is 1. The molecule has 1 aliphatic rings. The second kappa shape index (κ2) is 7.87. The maximum absolute atomic E-state index is 12.0. The van der Waals surface area contributed by atoms with Crippen LogP contribution in [0.4, 0.5) is 0 Å². The summed E-state index contributed by atoms with van der Waals surface area (Å²) in [5.41, 5.74) is 1.04. The van der Waals surface area contributed by atoms with Crippen LogP contribution in [0.25, 0.3) is 0 Å². The van der Waals surface area contributed by atoms with Crippen molar-refractivity contribution in [3.63, 3.8) is 0 Å². The van der Waals surface area contributed by atoms with Gasteiger partial charge < -0.3 is 19.7 Å². The van der Waals surface area contributed by atoms with E-state index in [0.717, 1.165) is 43.9 Å². The van der Waals surface area contributed by atoms with E-state index in [-0.39, 0.29) is 12.5 Å². The Kier molecular flexibility index (Phi) is 5.83. The zero-order valence-corrected chi connectivity index (χ0v) is 11.9. The van der Waals surface area contributed by atoms with Crippen molar-refractivity contribution in [2.24, 2.45) is 0 Å². The molecule has 0 unspecified atom stereocenters. The summed E-state index contributed by atoms with van der Waals surface area (Å²) in [6, 6.07) is 7.67. The van der Waals surface area contributed by atoms with Crippen molar-refractivity contribution in [2.75, 3.05) is 39.9 Å². The Labute approximate surface area is 119 Å². The van der Waals surface area contributed by atoms with Gasteiger partial charge >= 0.3 is 0 Å². The maximum Gasteiger partial charge on any atom is 0.248 e. The Hall–Kier alpha value is -1.59. The van der Waals surface area contributed by atoms with E-state index < -0.39 is 0 Å². The van der Waals surface area contributed by atoms with Gasteiger partial charge in [0.15, 0.2) is 0 Å². The first-order chi connectivity index (χ1) is 9.79. The lowest BCUT2D eigenvalue weighted by molar-refractivity contribution is -0.136. The molecular weight excluding hydrogens is 256 g/mol. The van der Waals surface area contributed by atoms with Crippen molar-refractivity contribution >= 4 is 5.91 Å². The second-order valence-corrected chi connectivity index (χ2v) is 4.83. The number of carbonyl (C=O) groups is 1. The van der Waals surface area contributed by atoms with Crippen LogP contribution in [0, 0.1) is 0 Å². The molecule has 5 nitrogen and oxygen atoms in total. The number of ether oxygens (including phenoxy) is 2. The zero-order chi connectivity index (χ0) is 14.2. The van der Waals surface area contributed by atoms with Crippen LogP contribution in [-0.4, -0.2) is 50.7 Å². The minimum atomic E-state index is 0.0715. The van der Waals surface area contributed by atoms with E-state index in [9.17, 15) is 4.79 Å². The molecule has 0 bridgehead atoms. The van der Waals surface area contributed by atoms with E-state index in [1.807, 2.05) is 29.2 Å². The average molecular weight is 278 g/mol. The number of amides is 1. The van der Waals surface area contributed by atoms with Gasteiger partial charge in [0.1, 0.15) is 12.4 Å². The first-order valence-electron chi connectivity index (χ1n) is 6.99. The van der Waals surface area contributed by atoms with Crippen LogP contribution in [0.5, 0.6) is 5.75 Å². The molecule has 5 heteroatoms. The zero-order valence-electron chi connectivity index (χ0n) is 11.9. The van der Waals surface area contributed by atoms with Crippen LogP contribution >= 0.6 is 0 Å². The molecular formula is C15H22N2O3. The molecule has 1 aromatic carbocycles. The molecule has 1 saturated heterocycles. The lowest BCUT2D eigenvalue weighted by Gasteiger charge is -2.19. The van der Waals surface area contributed by atoms with Gasteiger partial charge in [-0.15, -0.1) is 0 Å². The van der Waals surface area contributed by atoms with Gasteiger partial charge in [0.2, 0.25) is 5.91 Å². The Morgan fingerprint density at radius 2 is 2.05 bits per heavy atom. The molecule has 2 rings (SSSR count). The number of carbonyl (C=O) groups excluding carboxylic acids is 1. The monoisotopic (exact) mass is 278 g/mol. The molecule has 0 aliphatic carbocycles. The Balaban J connectivity index is 1.72. The van der Waals surface area contributed by atoms with E-state index in [0.29, 0.717) is 6.61 Å². The number of nitrogens with zero attached hydrogens (tertiary/aromatic N) is 1. The Bertz CT molecular complexity index is 412. The van der Waals surface area contributed by atoms with Gasteiger partial charge in [0.05, 0.1) is 13.7 Å². The highest BCUT2D eigenvalue weighted by Gasteiger charge is 2.14. The van der Waals surface area contributed by atoms with Crippen LogP contribution in [0.3, 0.4) is 0 Å². The maximum atomic E-state index is 12.0. The van der Waals surface area contributed by atoms with Crippen LogP contribution in [0.15, 0.2) is 24.3 Å². The third kappa shape index (κ3) is 4.51. The summed E-state index contributed by atoms with van der Waals surface area (Å²) < 4.78 is 10.6. The summed E-state index contributed by atoms with van der Waals surface area (Å²) in [5, 5.41) is 3.28. The predicted molar refractivity (Wildman–Crippen MR) is 76.7 cm³/mol. The average Bonchev–Trinajstić information content (AvgIpc) is 2.77. The third-order valence-corrected chi connectivity index (χ3v) is 3.35. The summed E-state index contributed by atoms with van der Waals surface area (Å²) in [5.74, 6) is 0.893. The van der Waals surface area contributed by atoms with Crippen molar-refractivity contribution in [2.45, 2.75) is 13.0 Å². The molecule has 1 amide bonds. The van der Waals surface area contributed by atoms with Gasteiger partial charge in [-0.3, -0.25) is 4.79 Å². The van der Waals surface area contributed by atoms with E-state index >= 15 is 0 Å². The van der Waals surface area contributed by atoms with E-state index in [1.165, 1.54) is 0 Å². The van der Waals surface area contributed by atoms with Gasteiger partial charge in [-0.2, -0.15) is 0 Å². The van der Waals surface area contributed by atoms with Gasteiger partial charge in [0.25, 0.3) is 0 Å². The molecule has 0 spiro atoms. The smallest absolute Gasteiger partial charge is 0.248 e. The van der Waals surface area contributed by atoms with Crippen molar-refractivity contribution in [3.05, 3.63) is 29.8 Å². The lowest BCUT2D eigenvalue weighted by atomic mass is 10.2. The highest BCUT2D eigenvalue weighted by atomic mass is 16.5. The summed E-state index contributed by atoms with van der Waals surface area (Å²) in [6.07, 6.45) is 1.00. The quantitative estimate of drug-likeness (QED) is 0.874. The highest BCUT2D eigenvalue weighted by molar-refractivity contribution is 5.77. The third-order valence-electron chi connectivity index (χ3n) is 3.35. The van der Waals surface area contributed by atoms with E-state index in [4.69, 9.17) is 9.47 Å². The fourth-order valence-electron chi connectivity index (χ4n) is 2.16. The van der Waals surface area contributed by atoms with Crippen LogP contribution in [-0.2, 0) is 16.1 Å². The Morgan fingerprint density at radius 3 is 2.80 bits per heavy atom. The van der Waals surface area contributed by atoms with Crippen LogP contribution in [0.2, 0.25) is 0 Å². The lowest BCUT2D eigenvalue weighted by Crippen LogP contribution is -2.36. The standard InChI is InChI=1S/C15H22N2O3/c1-19-14-5-3-13(4-6-14)11-20-12-15(18)17-9-2-7-16-8-10-17/h3-6,16H,2,7-12H2,1H3. The Morgan fingerprint density at radius 1 is 1.25 bits per heavy atom. The van der Waals surface area contributed by atoms with Crippen molar-refractivity contribution in [1.29, 1.82) is 0 Å². The highest BCUT2D eigenvalue weighted by Crippen LogP contribution is 2.11. The van der Waals surface area contributed by atoms with Gasteiger partial charge in [-0.05, 0) is 30.7 Å². The molecule has 0 aromatic heterocycles. The minimum Gasteiger partial charge on any atom is -0.497 e. The minimum absolute atomic E-state index is 0.0715. The molecule has 20 heavy (non-hydrogen) atoms. The largest absolute Gasteiger partial charge is 0.497 e. The molecule has 1 fully saturated rings.